The van der Waals surface area contributed by atoms with Gasteiger partial charge in [0.1, 0.15) is 18.3 Å². The minimum atomic E-state index is -3.89. The lowest BCUT2D eigenvalue weighted by atomic mass is 10.1. The van der Waals surface area contributed by atoms with Crippen LogP contribution in [-0.2, 0) is 26.2 Å². The van der Waals surface area contributed by atoms with E-state index in [1.807, 2.05) is 44.2 Å². The number of amides is 2. The average Bonchev–Trinajstić information content (AvgIpc) is 2.80. The van der Waals surface area contributed by atoms with Crippen molar-refractivity contribution in [2.75, 3.05) is 30.8 Å². The van der Waals surface area contributed by atoms with Gasteiger partial charge in [-0.05, 0) is 36.6 Å². The van der Waals surface area contributed by atoms with Crippen LogP contribution >= 0.6 is 11.6 Å². The van der Waals surface area contributed by atoms with Crippen LogP contribution in [0.1, 0.15) is 32.3 Å². The van der Waals surface area contributed by atoms with Crippen molar-refractivity contribution >= 4 is 39.1 Å². The normalized spacial score (nSPS) is 12.0. The number of rotatable bonds is 12. The molecule has 0 aliphatic rings. The van der Waals surface area contributed by atoms with Crippen molar-refractivity contribution in [3.8, 4) is 5.75 Å². The lowest BCUT2D eigenvalue weighted by molar-refractivity contribution is -0.140. The van der Waals surface area contributed by atoms with Crippen LogP contribution in [-0.4, -0.2) is 57.6 Å². The molecule has 0 fully saturated rings. The van der Waals surface area contributed by atoms with Crippen LogP contribution in [0.25, 0.3) is 0 Å². The maximum atomic E-state index is 13.6. The Morgan fingerprint density at radius 1 is 1.12 bits per heavy atom. The van der Waals surface area contributed by atoms with Crippen LogP contribution in [0.15, 0.2) is 48.5 Å². The van der Waals surface area contributed by atoms with Gasteiger partial charge in [-0.3, -0.25) is 13.9 Å². The molecule has 0 saturated heterocycles. The van der Waals surface area contributed by atoms with Crippen LogP contribution in [0.4, 0.5) is 5.69 Å². The zero-order valence-corrected chi connectivity index (χ0v) is 21.5. The van der Waals surface area contributed by atoms with Gasteiger partial charge >= 0.3 is 0 Å². The van der Waals surface area contributed by atoms with Crippen LogP contribution in [0.3, 0.4) is 0 Å². The number of halogens is 1. The van der Waals surface area contributed by atoms with Crippen LogP contribution in [0.2, 0.25) is 5.02 Å². The Morgan fingerprint density at radius 2 is 1.79 bits per heavy atom. The highest BCUT2D eigenvalue weighted by Crippen LogP contribution is 2.33. The number of hydrogen-bond donors (Lipinski definition) is 1. The smallest absolute Gasteiger partial charge is 0.244 e. The summed E-state index contributed by atoms with van der Waals surface area (Å²) >= 11 is 6.11. The predicted octanol–water partition coefficient (Wildman–Crippen LogP) is 3.45. The quantitative estimate of drug-likeness (QED) is 0.472. The molecular formula is C24H32ClN3O5S. The molecule has 0 aliphatic heterocycles. The van der Waals surface area contributed by atoms with Gasteiger partial charge in [0.15, 0.2) is 0 Å². The van der Waals surface area contributed by atoms with Crippen molar-refractivity contribution in [3.05, 3.63) is 59.1 Å². The van der Waals surface area contributed by atoms with Gasteiger partial charge in [0.05, 0.1) is 19.1 Å². The van der Waals surface area contributed by atoms with Gasteiger partial charge in [-0.15, -0.1) is 0 Å². The summed E-state index contributed by atoms with van der Waals surface area (Å²) in [5, 5.41) is 3.14. The third kappa shape index (κ3) is 7.36. The highest BCUT2D eigenvalue weighted by molar-refractivity contribution is 7.92. The Bertz CT molecular complexity index is 1080. The number of ether oxygens (including phenoxy) is 1. The van der Waals surface area contributed by atoms with E-state index in [0.717, 1.165) is 22.5 Å². The number of hydrogen-bond acceptors (Lipinski definition) is 5. The van der Waals surface area contributed by atoms with Gasteiger partial charge in [0, 0.05) is 18.1 Å². The first kappa shape index (κ1) is 27.5. The molecule has 0 radical (unpaired) electrons. The fraction of sp³-hybridized carbons (Fsp3) is 0.417. The minimum absolute atomic E-state index is 0.147. The topological polar surface area (TPSA) is 96.0 Å². The van der Waals surface area contributed by atoms with Gasteiger partial charge in [-0.2, -0.15) is 0 Å². The Hall–Kier alpha value is -2.78. The van der Waals surface area contributed by atoms with E-state index in [9.17, 15) is 18.0 Å². The molecule has 2 aromatic rings. The molecule has 10 heteroatoms. The van der Waals surface area contributed by atoms with E-state index in [4.69, 9.17) is 16.3 Å². The van der Waals surface area contributed by atoms with Gasteiger partial charge in [-0.25, -0.2) is 8.42 Å². The summed E-state index contributed by atoms with van der Waals surface area (Å²) in [6.07, 6.45) is 2.13. The number of sulfonamides is 1. The Balaban J connectivity index is 2.47. The molecule has 0 spiro atoms. The second kappa shape index (κ2) is 12.6. The highest BCUT2D eigenvalue weighted by atomic mass is 35.5. The molecule has 8 nitrogen and oxygen atoms in total. The highest BCUT2D eigenvalue weighted by Gasteiger charge is 2.32. The molecule has 0 aliphatic carbocycles. The third-order valence-electron chi connectivity index (χ3n) is 5.22. The summed E-state index contributed by atoms with van der Waals surface area (Å²) in [5.74, 6) is -0.542. The molecule has 0 bridgehead atoms. The van der Waals surface area contributed by atoms with E-state index in [1.165, 1.54) is 24.1 Å². The minimum Gasteiger partial charge on any atom is -0.495 e. The molecule has 0 heterocycles. The van der Waals surface area contributed by atoms with Crippen molar-refractivity contribution in [2.45, 2.75) is 39.3 Å². The van der Waals surface area contributed by atoms with Gasteiger partial charge < -0.3 is 15.0 Å². The summed E-state index contributed by atoms with van der Waals surface area (Å²) in [6.45, 7) is 3.88. The molecule has 0 unspecified atom stereocenters. The summed E-state index contributed by atoms with van der Waals surface area (Å²) in [5.41, 5.74) is 0.970. The maximum Gasteiger partial charge on any atom is 0.244 e. The van der Waals surface area contributed by atoms with E-state index < -0.39 is 28.5 Å². The molecule has 34 heavy (non-hydrogen) atoms. The summed E-state index contributed by atoms with van der Waals surface area (Å²) in [7, 11) is -2.48. The van der Waals surface area contributed by atoms with Crippen LogP contribution < -0.4 is 14.4 Å². The molecule has 186 valence electrons. The Morgan fingerprint density at radius 3 is 2.35 bits per heavy atom. The second-order valence-corrected chi connectivity index (χ2v) is 10.2. The van der Waals surface area contributed by atoms with Crippen LogP contribution in [0, 0.1) is 0 Å². The summed E-state index contributed by atoms with van der Waals surface area (Å²) in [6, 6.07) is 13.0. The molecule has 1 N–H and O–H groups in total. The average molecular weight is 510 g/mol. The third-order valence-corrected chi connectivity index (χ3v) is 6.58. The number of benzene rings is 2. The van der Waals surface area contributed by atoms with E-state index >= 15 is 0 Å². The largest absolute Gasteiger partial charge is 0.495 e. The summed E-state index contributed by atoms with van der Waals surface area (Å²) < 4.78 is 31.7. The number of methoxy groups -OCH3 is 1. The molecular weight excluding hydrogens is 478 g/mol. The lowest BCUT2D eigenvalue weighted by Gasteiger charge is -2.33. The standard InChI is InChI=1S/C24H32ClN3O5S/c1-5-14-26-24(30)20(6-2)27(16-18-10-8-7-9-11-18)23(29)17-28(34(4,31)32)21-15-19(25)12-13-22(21)33-3/h7-13,15,20H,5-6,14,16-17H2,1-4H3,(H,26,30)/t20-/m0/s1. The molecule has 2 rings (SSSR count). The van der Waals surface area contributed by atoms with Crippen molar-refractivity contribution in [1.82, 2.24) is 10.2 Å². The first-order chi connectivity index (χ1) is 16.1. The van der Waals surface area contributed by atoms with Gasteiger partial charge in [0.2, 0.25) is 21.8 Å². The lowest BCUT2D eigenvalue weighted by Crippen LogP contribution is -2.52. The number of carbonyl (C=O) groups is 2. The molecule has 0 saturated carbocycles. The number of anilines is 1. The van der Waals surface area contributed by atoms with E-state index in [2.05, 4.69) is 5.32 Å². The Kier molecular flexibility index (Phi) is 10.2. The predicted molar refractivity (Wildman–Crippen MR) is 135 cm³/mol. The van der Waals surface area contributed by atoms with Crippen molar-refractivity contribution in [1.29, 1.82) is 0 Å². The number of nitrogens with zero attached hydrogens (tertiary/aromatic N) is 2. The van der Waals surface area contributed by atoms with E-state index in [-0.39, 0.29) is 23.9 Å². The fourth-order valence-electron chi connectivity index (χ4n) is 3.52. The van der Waals surface area contributed by atoms with Gasteiger partial charge in [-0.1, -0.05) is 55.8 Å². The monoisotopic (exact) mass is 509 g/mol. The van der Waals surface area contributed by atoms with Gasteiger partial charge in [0.25, 0.3) is 0 Å². The van der Waals surface area contributed by atoms with Crippen LogP contribution in [0.5, 0.6) is 5.75 Å². The van der Waals surface area contributed by atoms with Crippen molar-refractivity contribution in [2.24, 2.45) is 0 Å². The molecule has 1 atom stereocenters. The van der Waals surface area contributed by atoms with Crippen molar-refractivity contribution < 1.29 is 22.7 Å². The number of nitrogens with one attached hydrogen (secondary N) is 1. The Labute approximate surface area is 206 Å². The first-order valence-corrected chi connectivity index (χ1v) is 13.3. The van der Waals surface area contributed by atoms with E-state index in [1.54, 1.807) is 6.07 Å². The molecule has 0 aromatic heterocycles. The second-order valence-electron chi connectivity index (χ2n) is 7.81. The molecule has 2 amide bonds. The fourth-order valence-corrected chi connectivity index (χ4v) is 4.53. The number of carbonyl (C=O) groups excluding carboxylic acids is 2. The zero-order chi connectivity index (χ0) is 25.3. The van der Waals surface area contributed by atoms with E-state index in [0.29, 0.717) is 18.0 Å². The summed E-state index contributed by atoms with van der Waals surface area (Å²) in [4.78, 5) is 27.9. The first-order valence-electron chi connectivity index (χ1n) is 11.0. The zero-order valence-electron chi connectivity index (χ0n) is 20.0. The maximum absolute atomic E-state index is 13.6. The molecule has 2 aromatic carbocycles. The SMILES string of the molecule is CCCNC(=O)[C@H](CC)N(Cc1ccccc1)C(=O)CN(c1cc(Cl)ccc1OC)S(C)(=O)=O. The van der Waals surface area contributed by atoms with Crippen molar-refractivity contribution in [3.63, 3.8) is 0 Å².